The largest absolute Gasteiger partial charge is 0.462 e. The minimum atomic E-state index is -0.616. The van der Waals surface area contributed by atoms with Crippen LogP contribution in [0.2, 0.25) is 0 Å². The molecule has 0 atom stereocenters. The number of carbonyl (C=O) groups excluding carboxylic acids is 1. The third kappa shape index (κ3) is 3.01. The van der Waals surface area contributed by atoms with Crippen molar-refractivity contribution in [3.05, 3.63) is 39.4 Å². The second-order valence-electron chi connectivity index (χ2n) is 3.16. The van der Waals surface area contributed by atoms with Gasteiger partial charge in [-0.25, -0.2) is 4.79 Å². The summed E-state index contributed by atoms with van der Waals surface area (Å²) in [6.07, 6.45) is -0.0700. The minimum absolute atomic E-state index is 0.0700. The molecule has 88 valence electrons. The van der Waals surface area contributed by atoms with Crippen molar-refractivity contribution in [3.8, 4) is 6.07 Å². The van der Waals surface area contributed by atoms with E-state index in [1.54, 1.807) is 6.92 Å². The van der Waals surface area contributed by atoms with Gasteiger partial charge in [-0.1, -0.05) is 6.07 Å². The van der Waals surface area contributed by atoms with Gasteiger partial charge in [0.05, 0.1) is 29.6 Å². The molecule has 0 fully saturated rings. The number of nitro benzene ring substituents is 1. The van der Waals surface area contributed by atoms with Crippen molar-refractivity contribution < 1.29 is 14.5 Å². The molecule has 0 unspecified atom stereocenters. The van der Waals surface area contributed by atoms with Gasteiger partial charge in [-0.3, -0.25) is 10.1 Å². The molecule has 0 bridgehead atoms. The van der Waals surface area contributed by atoms with Gasteiger partial charge in [0, 0.05) is 11.6 Å². The van der Waals surface area contributed by atoms with Gasteiger partial charge in [-0.15, -0.1) is 0 Å². The van der Waals surface area contributed by atoms with Crippen LogP contribution in [0.5, 0.6) is 0 Å². The van der Waals surface area contributed by atoms with Gasteiger partial charge in [0.15, 0.2) is 0 Å². The Bertz CT molecular complexity index is 491. The summed E-state index contributed by atoms with van der Waals surface area (Å²) in [4.78, 5) is 21.5. The second-order valence-corrected chi connectivity index (χ2v) is 3.16. The fourth-order valence-electron chi connectivity index (χ4n) is 1.31. The molecule has 0 aliphatic carbocycles. The van der Waals surface area contributed by atoms with Crippen LogP contribution in [0.3, 0.4) is 0 Å². The molecule has 0 heterocycles. The third-order valence-corrected chi connectivity index (χ3v) is 2.06. The molecule has 1 aromatic carbocycles. The molecule has 0 aromatic heterocycles. The molecular weight excluding hydrogens is 224 g/mol. The summed E-state index contributed by atoms with van der Waals surface area (Å²) in [5.74, 6) is -0.612. The van der Waals surface area contributed by atoms with Crippen LogP contribution in [0.25, 0.3) is 0 Å². The zero-order valence-electron chi connectivity index (χ0n) is 9.17. The van der Waals surface area contributed by atoms with Gasteiger partial charge >= 0.3 is 5.97 Å². The van der Waals surface area contributed by atoms with E-state index in [4.69, 9.17) is 10.00 Å². The molecule has 1 rings (SSSR count). The molecule has 0 spiro atoms. The van der Waals surface area contributed by atoms with Gasteiger partial charge < -0.3 is 4.74 Å². The van der Waals surface area contributed by atoms with Crippen LogP contribution in [0.1, 0.15) is 22.8 Å². The van der Waals surface area contributed by atoms with Crippen LogP contribution >= 0.6 is 0 Å². The molecule has 6 nitrogen and oxygen atoms in total. The maximum absolute atomic E-state index is 11.4. The topological polar surface area (TPSA) is 93.2 Å². The molecule has 0 aliphatic rings. The van der Waals surface area contributed by atoms with Crippen molar-refractivity contribution >= 4 is 11.7 Å². The van der Waals surface area contributed by atoms with E-state index >= 15 is 0 Å². The number of hydrogen-bond acceptors (Lipinski definition) is 5. The molecule has 0 saturated heterocycles. The van der Waals surface area contributed by atoms with Crippen molar-refractivity contribution in [1.82, 2.24) is 0 Å². The first kappa shape index (κ1) is 12.6. The van der Waals surface area contributed by atoms with Crippen LogP contribution in [0.15, 0.2) is 18.2 Å². The zero-order chi connectivity index (χ0) is 12.8. The average molecular weight is 234 g/mol. The lowest BCUT2D eigenvalue weighted by Crippen LogP contribution is -2.06. The molecule has 17 heavy (non-hydrogen) atoms. The van der Waals surface area contributed by atoms with Gasteiger partial charge in [0.2, 0.25) is 0 Å². The molecule has 0 aliphatic heterocycles. The number of carbonyl (C=O) groups is 1. The first-order chi connectivity index (χ1) is 8.10. The number of nitriles is 1. The number of benzene rings is 1. The normalized spacial score (nSPS) is 9.41. The Balaban J connectivity index is 3.14. The Labute approximate surface area is 97.6 Å². The maximum atomic E-state index is 11.4. The second kappa shape index (κ2) is 5.61. The number of nitrogens with zero attached hydrogens (tertiary/aromatic N) is 2. The van der Waals surface area contributed by atoms with E-state index < -0.39 is 10.9 Å². The lowest BCUT2D eigenvalue weighted by atomic mass is 10.1. The van der Waals surface area contributed by atoms with Crippen molar-refractivity contribution in [2.45, 2.75) is 13.3 Å². The van der Waals surface area contributed by atoms with E-state index in [2.05, 4.69) is 0 Å². The zero-order valence-corrected chi connectivity index (χ0v) is 9.17. The molecule has 0 radical (unpaired) electrons. The highest BCUT2D eigenvalue weighted by atomic mass is 16.6. The lowest BCUT2D eigenvalue weighted by Gasteiger charge is -2.03. The molecule has 0 amide bonds. The number of hydrogen-bond donors (Lipinski definition) is 0. The smallest absolute Gasteiger partial charge is 0.338 e. The van der Waals surface area contributed by atoms with Crippen LogP contribution in [-0.2, 0) is 11.2 Å². The maximum Gasteiger partial charge on any atom is 0.338 e. The van der Waals surface area contributed by atoms with Gasteiger partial charge in [-0.2, -0.15) is 5.26 Å². The van der Waals surface area contributed by atoms with Crippen LogP contribution < -0.4 is 0 Å². The Hall–Kier alpha value is -2.42. The number of ether oxygens (including phenoxy) is 1. The lowest BCUT2D eigenvalue weighted by molar-refractivity contribution is -0.385. The van der Waals surface area contributed by atoms with Crippen LogP contribution in [0.4, 0.5) is 5.69 Å². The Morgan fingerprint density at radius 2 is 2.29 bits per heavy atom. The first-order valence-corrected chi connectivity index (χ1v) is 4.91. The van der Waals surface area contributed by atoms with E-state index in [1.165, 1.54) is 12.1 Å². The highest BCUT2D eigenvalue weighted by molar-refractivity contribution is 5.90. The average Bonchev–Trinajstić information content (AvgIpc) is 2.30. The summed E-state index contributed by atoms with van der Waals surface area (Å²) in [5, 5.41) is 19.3. The van der Waals surface area contributed by atoms with Crippen LogP contribution in [-0.4, -0.2) is 17.5 Å². The molecule has 1 aromatic rings. The van der Waals surface area contributed by atoms with Crippen molar-refractivity contribution in [3.63, 3.8) is 0 Å². The summed E-state index contributed by atoms with van der Waals surface area (Å²) in [7, 11) is 0. The molecule has 0 saturated carbocycles. The summed E-state index contributed by atoms with van der Waals surface area (Å²) >= 11 is 0. The van der Waals surface area contributed by atoms with Gasteiger partial charge in [0.25, 0.3) is 5.69 Å². The van der Waals surface area contributed by atoms with E-state index in [0.717, 1.165) is 6.07 Å². The highest BCUT2D eigenvalue weighted by Gasteiger charge is 2.17. The van der Waals surface area contributed by atoms with E-state index in [-0.39, 0.29) is 29.8 Å². The summed E-state index contributed by atoms with van der Waals surface area (Å²) in [6.45, 7) is 1.85. The van der Waals surface area contributed by atoms with Crippen LogP contribution in [0, 0.1) is 21.4 Å². The first-order valence-electron chi connectivity index (χ1n) is 4.91. The quantitative estimate of drug-likeness (QED) is 0.450. The van der Waals surface area contributed by atoms with Crippen molar-refractivity contribution in [1.29, 1.82) is 5.26 Å². The summed E-state index contributed by atoms with van der Waals surface area (Å²) in [5.41, 5.74) is 0.155. The van der Waals surface area contributed by atoms with E-state index in [1.807, 2.05) is 6.07 Å². The number of nitro groups is 1. The summed E-state index contributed by atoms with van der Waals surface area (Å²) in [6, 6.07) is 5.77. The van der Waals surface area contributed by atoms with Gasteiger partial charge in [0.1, 0.15) is 0 Å². The standard InChI is InChI=1S/C11H10N2O4/c1-2-17-11(14)9-4-3-8(5-6-12)10(7-9)13(15)16/h3-4,7H,2,5H2,1H3. The Morgan fingerprint density at radius 3 is 2.82 bits per heavy atom. The summed E-state index contributed by atoms with van der Waals surface area (Å²) < 4.78 is 4.74. The highest BCUT2D eigenvalue weighted by Crippen LogP contribution is 2.21. The third-order valence-electron chi connectivity index (χ3n) is 2.06. The SMILES string of the molecule is CCOC(=O)c1ccc(CC#N)c([N+](=O)[O-])c1. The fourth-order valence-corrected chi connectivity index (χ4v) is 1.31. The minimum Gasteiger partial charge on any atom is -0.462 e. The molecular formula is C11H10N2O4. The Kier molecular flexibility index (Phi) is 4.17. The van der Waals surface area contributed by atoms with Crippen molar-refractivity contribution in [2.75, 3.05) is 6.61 Å². The predicted octanol–water partition coefficient (Wildman–Crippen LogP) is 1.84. The van der Waals surface area contributed by atoms with Crippen molar-refractivity contribution in [2.24, 2.45) is 0 Å². The predicted molar refractivity (Wildman–Crippen MR) is 58.4 cm³/mol. The Morgan fingerprint density at radius 1 is 1.59 bits per heavy atom. The monoisotopic (exact) mass is 234 g/mol. The van der Waals surface area contributed by atoms with Gasteiger partial charge in [-0.05, 0) is 13.0 Å². The molecule has 0 N–H and O–H groups in total. The molecule has 6 heteroatoms. The van der Waals surface area contributed by atoms with E-state index in [9.17, 15) is 14.9 Å². The van der Waals surface area contributed by atoms with E-state index in [0.29, 0.717) is 0 Å². The number of rotatable bonds is 4. The number of esters is 1. The fraction of sp³-hybridized carbons (Fsp3) is 0.273.